The van der Waals surface area contributed by atoms with E-state index in [1.165, 1.54) is 12.1 Å². The van der Waals surface area contributed by atoms with E-state index in [1.54, 1.807) is 24.8 Å². The van der Waals surface area contributed by atoms with E-state index in [0.29, 0.717) is 39.2 Å². The topological polar surface area (TPSA) is 116 Å². The number of aromatic hydroxyl groups is 1. The number of benzene rings is 1. The van der Waals surface area contributed by atoms with Crippen LogP contribution in [0, 0.1) is 5.82 Å². The lowest BCUT2D eigenvalue weighted by molar-refractivity contribution is 0.469. The Kier molecular flexibility index (Phi) is 3.94. The molecule has 0 aliphatic carbocycles. The van der Waals surface area contributed by atoms with Gasteiger partial charge in [-0.15, -0.1) is 0 Å². The molecule has 1 aromatic carbocycles. The number of aromatic nitrogens is 7. The van der Waals surface area contributed by atoms with Gasteiger partial charge in [0.1, 0.15) is 22.8 Å². The van der Waals surface area contributed by atoms with Gasteiger partial charge >= 0.3 is 0 Å². The number of fused-ring (bicyclic) bond motifs is 2. The molecule has 0 fully saturated rings. The molecule has 8 nitrogen and oxygen atoms in total. The van der Waals surface area contributed by atoms with Crippen molar-refractivity contribution in [1.29, 1.82) is 0 Å². The van der Waals surface area contributed by atoms with Crippen LogP contribution in [0.3, 0.4) is 0 Å². The summed E-state index contributed by atoms with van der Waals surface area (Å²) in [5.74, 6) is -0.153. The second-order valence-corrected chi connectivity index (χ2v) is 7.27. The first-order valence-corrected chi connectivity index (χ1v) is 9.75. The van der Waals surface area contributed by atoms with E-state index in [0.717, 1.165) is 22.8 Å². The molecule has 0 saturated carbocycles. The number of halogens is 1. The summed E-state index contributed by atoms with van der Waals surface area (Å²) in [5, 5.41) is 18.0. The van der Waals surface area contributed by atoms with Gasteiger partial charge in [-0.25, -0.2) is 9.37 Å². The molecule has 0 saturated heterocycles. The summed E-state index contributed by atoms with van der Waals surface area (Å²) in [6, 6.07) is 11.4. The maximum absolute atomic E-state index is 13.9. The molecule has 0 bridgehead atoms. The minimum atomic E-state index is -0.540. The number of imidazole rings is 1. The molecule has 5 aromatic heterocycles. The quantitative estimate of drug-likeness (QED) is 0.387. The third kappa shape index (κ3) is 2.95. The number of phenols is 1. The Morgan fingerprint density at radius 3 is 2.72 bits per heavy atom. The third-order valence-corrected chi connectivity index (χ3v) is 5.19. The zero-order valence-corrected chi connectivity index (χ0v) is 16.4. The molecule has 32 heavy (non-hydrogen) atoms. The number of nitrogens with zero attached hydrogens (tertiary/aromatic N) is 5. The van der Waals surface area contributed by atoms with Gasteiger partial charge in [0.2, 0.25) is 0 Å². The fourth-order valence-corrected chi connectivity index (χ4v) is 3.74. The number of aromatic amines is 2. The van der Waals surface area contributed by atoms with Crippen molar-refractivity contribution in [2.24, 2.45) is 0 Å². The minimum Gasteiger partial charge on any atom is -0.508 e. The number of phenolic OH excluding ortho intramolecular Hbond substituents is 1. The maximum Gasteiger partial charge on any atom is 0.157 e. The highest BCUT2D eigenvalue weighted by Gasteiger charge is 2.17. The largest absolute Gasteiger partial charge is 0.508 e. The van der Waals surface area contributed by atoms with E-state index in [9.17, 15) is 9.50 Å². The molecule has 0 radical (unpaired) electrons. The van der Waals surface area contributed by atoms with E-state index in [1.807, 2.05) is 24.3 Å². The molecule has 0 unspecified atom stereocenters. The summed E-state index contributed by atoms with van der Waals surface area (Å²) in [6.07, 6.45) is 6.64. The van der Waals surface area contributed by atoms with Crippen LogP contribution in [0.25, 0.3) is 56.0 Å². The molecule has 154 valence electrons. The van der Waals surface area contributed by atoms with Gasteiger partial charge in [-0.2, -0.15) is 5.10 Å². The summed E-state index contributed by atoms with van der Waals surface area (Å²) in [7, 11) is 0. The standard InChI is InChI=1S/C23H14FN7O/c24-13-5-12(6-14(32)7-13)16-9-25-10-20-21(16)29-23(28-20)22-15-8-18(17-3-1-2-4-26-17)27-11-19(15)30-31-22/h1-11,32H,(H,28,29)(H,30,31). The minimum absolute atomic E-state index is 0.165. The van der Waals surface area contributed by atoms with E-state index in [2.05, 4.69) is 30.1 Å². The first kappa shape index (κ1) is 18.1. The Labute approximate surface area is 179 Å². The zero-order valence-electron chi connectivity index (χ0n) is 16.4. The Hall–Kier alpha value is -4.66. The lowest BCUT2D eigenvalue weighted by Gasteiger charge is -2.03. The van der Waals surface area contributed by atoms with E-state index < -0.39 is 5.82 Å². The van der Waals surface area contributed by atoms with Crippen LogP contribution in [0.15, 0.2) is 67.3 Å². The monoisotopic (exact) mass is 423 g/mol. The summed E-state index contributed by atoms with van der Waals surface area (Å²) in [6.45, 7) is 0. The molecular formula is C23H14FN7O. The first-order chi connectivity index (χ1) is 15.7. The Balaban J connectivity index is 1.52. The van der Waals surface area contributed by atoms with Gasteiger partial charge in [0.15, 0.2) is 5.82 Å². The number of rotatable bonds is 3. The van der Waals surface area contributed by atoms with Gasteiger partial charge in [0.25, 0.3) is 0 Å². The highest BCUT2D eigenvalue weighted by Crippen LogP contribution is 2.33. The van der Waals surface area contributed by atoms with Gasteiger partial charge in [0, 0.05) is 29.4 Å². The van der Waals surface area contributed by atoms with Gasteiger partial charge in [0.05, 0.1) is 34.8 Å². The third-order valence-electron chi connectivity index (χ3n) is 5.19. The fraction of sp³-hybridized carbons (Fsp3) is 0. The fourth-order valence-electron chi connectivity index (χ4n) is 3.74. The predicted octanol–water partition coefficient (Wildman–Crippen LogP) is 4.47. The highest BCUT2D eigenvalue weighted by molar-refractivity contribution is 5.97. The summed E-state index contributed by atoms with van der Waals surface area (Å²) in [4.78, 5) is 21.0. The van der Waals surface area contributed by atoms with Crippen molar-refractivity contribution in [3.63, 3.8) is 0 Å². The van der Waals surface area contributed by atoms with Crippen LogP contribution in [0.2, 0.25) is 0 Å². The predicted molar refractivity (Wildman–Crippen MR) is 117 cm³/mol. The van der Waals surface area contributed by atoms with Crippen molar-refractivity contribution in [3.05, 3.63) is 73.1 Å². The number of pyridine rings is 3. The molecule has 9 heteroatoms. The molecule has 0 aliphatic heterocycles. The van der Waals surface area contributed by atoms with E-state index in [-0.39, 0.29) is 5.75 Å². The summed E-state index contributed by atoms with van der Waals surface area (Å²) < 4.78 is 13.9. The lowest BCUT2D eigenvalue weighted by Crippen LogP contribution is -1.87. The molecular weight excluding hydrogens is 409 g/mol. The molecule has 0 atom stereocenters. The molecule has 0 aliphatic rings. The molecule has 6 aromatic rings. The maximum atomic E-state index is 13.9. The first-order valence-electron chi connectivity index (χ1n) is 9.75. The zero-order chi connectivity index (χ0) is 21.7. The SMILES string of the molecule is Oc1cc(F)cc(-c2cncc3[nH]c(-c4[nH]nc5cnc(-c6ccccn6)cc45)nc23)c1. The Morgan fingerprint density at radius 2 is 1.88 bits per heavy atom. The Bertz CT molecular complexity index is 1590. The smallest absolute Gasteiger partial charge is 0.157 e. The van der Waals surface area contributed by atoms with Crippen molar-refractivity contribution < 1.29 is 9.50 Å². The molecule has 3 N–H and O–H groups in total. The van der Waals surface area contributed by atoms with Crippen molar-refractivity contribution >= 4 is 21.9 Å². The second-order valence-electron chi connectivity index (χ2n) is 7.27. The van der Waals surface area contributed by atoms with Crippen LogP contribution < -0.4 is 0 Å². The van der Waals surface area contributed by atoms with Gasteiger partial charge in [-0.3, -0.25) is 20.1 Å². The summed E-state index contributed by atoms with van der Waals surface area (Å²) in [5.41, 5.74) is 5.19. The van der Waals surface area contributed by atoms with Gasteiger partial charge in [-0.1, -0.05) is 6.07 Å². The summed E-state index contributed by atoms with van der Waals surface area (Å²) >= 11 is 0. The number of hydrogen-bond donors (Lipinski definition) is 3. The van der Waals surface area contributed by atoms with Crippen LogP contribution in [0.4, 0.5) is 4.39 Å². The molecule has 0 amide bonds. The highest BCUT2D eigenvalue weighted by atomic mass is 19.1. The number of H-pyrrole nitrogens is 2. The van der Waals surface area contributed by atoms with Crippen LogP contribution in [-0.4, -0.2) is 40.2 Å². The van der Waals surface area contributed by atoms with Crippen molar-refractivity contribution in [2.45, 2.75) is 0 Å². The van der Waals surface area contributed by atoms with E-state index >= 15 is 0 Å². The van der Waals surface area contributed by atoms with Crippen LogP contribution in [-0.2, 0) is 0 Å². The van der Waals surface area contributed by atoms with Crippen molar-refractivity contribution in [1.82, 2.24) is 35.1 Å². The van der Waals surface area contributed by atoms with Crippen molar-refractivity contribution in [2.75, 3.05) is 0 Å². The van der Waals surface area contributed by atoms with Gasteiger partial charge < -0.3 is 10.1 Å². The molecule has 0 spiro atoms. The Morgan fingerprint density at radius 1 is 0.938 bits per heavy atom. The van der Waals surface area contributed by atoms with Gasteiger partial charge in [-0.05, 0) is 35.9 Å². The second kappa shape index (κ2) is 6.95. The number of hydrogen-bond acceptors (Lipinski definition) is 6. The van der Waals surface area contributed by atoms with Crippen LogP contribution in [0.1, 0.15) is 0 Å². The average molecular weight is 423 g/mol. The molecule has 5 heterocycles. The average Bonchev–Trinajstić information content (AvgIpc) is 3.42. The number of nitrogens with one attached hydrogen (secondary N) is 2. The molecule has 6 rings (SSSR count). The van der Waals surface area contributed by atoms with Crippen molar-refractivity contribution in [3.8, 4) is 39.8 Å². The van der Waals surface area contributed by atoms with Crippen LogP contribution in [0.5, 0.6) is 5.75 Å². The van der Waals surface area contributed by atoms with E-state index in [4.69, 9.17) is 4.98 Å². The van der Waals surface area contributed by atoms with Crippen LogP contribution >= 0.6 is 0 Å². The normalized spacial score (nSPS) is 11.4. The lowest BCUT2D eigenvalue weighted by atomic mass is 10.1.